The second kappa shape index (κ2) is 3.55. The fourth-order valence-electron chi connectivity index (χ4n) is 1.89. The predicted molar refractivity (Wildman–Crippen MR) is 65.8 cm³/mol. The van der Waals surface area contributed by atoms with E-state index in [1.54, 1.807) is 12.1 Å². The van der Waals surface area contributed by atoms with Gasteiger partial charge in [-0.1, -0.05) is 33.4 Å². The Morgan fingerprint density at radius 3 is 2.24 bits per heavy atom. The molecule has 3 heteroatoms. The molecule has 0 N–H and O–H groups in total. The number of benzene rings is 1. The van der Waals surface area contributed by atoms with Crippen LogP contribution in [0.1, 0.15) is 47.1 Å². The first-order chi connectivity index (χ1) is 7.86. The summed E-state index contributed by atoms with van der Waals surface area (Å²) in [5, 5.41) is 0. The van der Waals surface area contributed by atoms with E-state index in [-0.39, 0.29) is 17.2 Å². The van der Waals surface area contributed by atoms with Gasteiger partial charge in [0.05, 0.1) is 11.1 Å². The second-order valence-corrected chi connectivity index (χ2v) is 5.17. The van der Waals surface area contributed by atoms with Crippen LogP contribution in [0, 0.1) is 0 Å². The van der Waals surface area contributed by atoms with Gasteiger partial charge in [0.15, 0.2) is 0 Å². The zero-order chi connectivity index (χ0) is 12.8. The van der Waals surface area contributed by atoms with Crippen LogP contribution in [-0.2, 0) is 5.41 Å². The molecule has 1 aromatic carbocycles. The third-order valence-electron chi connectivity index (χ3n) is 2.97. The van der Waals surface area contributed by atoms with Gasteiger partial charge in [-0.15, -0.1) is 0 Å². The zero-order valence-electron chi connectivity index (χ0n) is 10.3. The van der Waals surface area contributed by atoms with Crippen LogP contribution in [0.2, 0.25) is 0 Å². The van der Waals surface area contributed by atoms with Crippen LogP contribution in [0.25, 0.3) is 0 Å². The largest absolute Gasteiger partial charge is 0.268 e. The minimum Gasteiger partial charge on any atom is -0.268 e. The Morgan fingerprint density at radius 2 is 1.71 bits per heavy atom. The Labute approximate surface area is 101 Å². The molecule has 2 amide bonds. The summed E-state index contributed by atoms with van der Waals surface area (Å²) in [6, 6.07) is 5.43. The zero-order valence-corrected chi connectivity index (χ0v) is 10.3. The van der Waals surface area contributed by atoms with Crippen LogP contribution in [0.3, 0.4) is 0 Å². The van der Waals surface area contributed by atoms with Gasteiger partial charge in [0.25, 0.3) is 11.8 Å². The van der Waals surface area contributed by atoms with Gasteiger partial charge in [-0.3, -0.25) is 9.59 Å². The smallest absolute Gasteiger partial charge is 0.265 e. The summed E-state index contributed by atoms with van der Waals surface area (Å²) >= 11 is 0. The van der Waals surface area contributed by atoms with Crippen molar-refractivity contribution in [2.24, 2.45) is 0 Å². The molecule has 0 unspecified atom stereocenters. The van der Waals surface area contributed by atoms with E-state index in [0.29, 0.717) is 11.1 Å². The standard InChI is InChI=1S/C14H15NO2/c1-5-15-12(16)10-7-6-9(14(2,3)4)8-11(10)13(15)17/h5-8H,1H2,2-4H3. The number of fused-ring (bicyclic) bond motifs is 1. The summed E-state index contributed by atoms with van der Waals surface area (Å²) in [6.45, 7) is 9.69. The highest BCUT2D eigenvalue weighted by atomic mass is 16.2. The van der Waals surface area contributed by atoms with Gasteiger partial charge in [0.1, 0.15) is 0 Å². The van der Waals surface area contributed by atoms with E-state index in [9.17, 15) is 9.59 Å². The summed E-state index contributed by atoms with van der Waals surface area (Å²) in [5.74, 6) is -0.577. The van der Waals surface area contributed by atoms with Crippen molar-refractivity contribution in [1.29, 1.82) is 0 Å². The number of hydrogen-bond acceptors (Lipinski definition) is 2. The average Bonchev–Trinajstić information content (AvgIpc) is 2.50. The fraction of sp³-hybridized carbons (Fsp3) is 0.286. The van der Waals surface area contributed by atoms with Crippen LogP contribution in [0.5, 0.6) is 0 Å². The van der Waals surface area contributed by atoms with Gasteiger partial charge in [0.2, 0.25) is 0 Å². The van der Waals surface area contributed by atoms with Gasteiger partial charge in [-0.2, -0.15) is 0 Å². The van der Waals surface area contributed by atoms with Crippen molar-refractivity contribution in [3.63, 3.8) is 0 Å². The number of hydrogen-bond donors (Lipinski definition) is 0. The number of rotatable bonds is 1. The lowest BCUT2D eigenvalue weighted by molar-refractivity contribution is 0.0722. The van der Waals surface area contributed by atoms with Crippen LogP contribution in [0.4, 0.5) is 0 Å². The Balaban J connectivity index is 2.58. The van der Waals surface area contributed by atoms with E-state index in [1.165, 1.54) is 6.20 Å². The monoisotopic (exact) mass is 229 g/mol. The molecule has 0 aliphatic carbocycles. The molecule has 1 aromatic rings. The van der Waals surface area contributed by atoms with Crippen LogP contribution < -0.4 is 0 Å². The molecule has 0 radical (unpaired) electrons. The molecule has 0 spiro atoms. The van der Waals surface area contributed by atoms with Crippen molar-refractivity contribution in [3.05, 3.63) is 47.7 Å². The van der Waals surface area contributed by atoms with E-state index < -0.39 is 0 Å². The summed E-state index contributed by atoms with van der Waals surface area (Å²) in [5.41, 5.74) is 1.94. The molecular formula is C14H15NO2. The molecule has 0 saturated carbocycles. The third-order valence-corrected chi connectivity index (χ3v) is 2.97. The SMILES string of the molecule is C=CN1C(=O)c2ccc(C(C)(C)C)cc2C1=O. The first kappa shape index (κ1) is 11.6. The number of carbonyl (C=O) groups is 2. The van der Waals surface area contributed by atoms with Gasteiger partial charge < -0.3 is 0 Å². The summed E-state index contributed by atoms with van der Waals surface area (Å²) in [7, 11) is 0. The lowest BCUT2D eigenvalue weighted by Gasteiger charge is -2.19. The van der Waals surface area contributed by atoms with E-state index in [4.69, 9.17) is 0 Å². The molecule has 1 aliphatic rings. The van der Waals surface area contributed by atoms with Crippen LogP contribution in [0.15, 0.2) is 31.0 Å². The summed E-state index contributed by atoms with van der Waals surface area (Å²) in [6.07, 6.45) is 1.27. The quantitative estimate of drug-likeness (QED) is 0.694. The van der Waals surface area contributed by atoms with Gasteiger partial charge in [-0.25, -0.2) is 4.90 Å². The van der Waals surface area contributed by atoms with Crippen molar-refractivity contribution >= 4 is 11.8 Å². The van der Waals surface area contributed by atoms with Crippen molar-refractivity contribution < 1.29 is 9.59 Å². The van der Waals surface area contributed by atoms with Gasteiger partial charge in [0, 0.05) is 6.20 Å². The third kappa shape index (κ3) is 1.68. The van der Waals surface area contributed by atoms with Crippen LogP contribution in [-0.4, -0.2) is 16.7 Å². The molecule has 2 rings (SSSR count). The average molecular weight is 229 g/mol. The van der Waals surface area contributed by atoms with E-state index >= 15 is 0 Å². The molecule has 0 aromatic heterocycles. The Hall–Kier alpha value is -1.90. The first-order valence-corrected chi connectivity index (χ1v) is 5.51. The molecule has 17 heavy (non-hydrogen) atoms. The van der Waals surface area contributed by atoms with Crippen molar-refractivity contribution in [3.8, 4) is 0 Å². The highest BCUT2D eigenvalue weighted by Gasteiger charge is 2.34. The maximum absolute atomic E-state index is 12.0. The topological polar surface area (TPSA) is 37.4 Å². The number of imide groups is 1. The summed E-state index contributed by atoms with van der Waals surface area (Å²) < 4.78 is 0. The Bertz CT molecular complexity index is 524. The van der Waals surface area contributed by atoms with E-state index in [0.717, 1.165) is 10.5 Å². The molecule has 1 aliphatic heterocycles. The molecule has 1 heterocycles. The fourth-order valence-corrected chi connectivity index (χ4v) is 1.89. The molecule has 88 valence electrons. The maximum Gasteiger partial charge on any atom is 0.265 e. The normalized spacial score (nSPS) is 15.1. The molecule has 0 atom stereocenters. The van der Waals surface area contributed by atoms with E-state index in [2.05, 4.69) is 27.4 Å². The molecule has 0 fully saturated rings. The molecule has 0 saturated heterocycles. The van der Waals surface area contributed by atoms with Crippen molar-refractivity contribution in [2.75, 3.05) is 0 Å². The number of carbonyl (C=O) groups excluding carboxylic acids is 2. The minimum atomic E-state index is -0.291. The first-order valence-electron chi connectivity index (χ1n) is 5.51. The lowest BCUT2D eigenvalue weighted by Crippen LogP contribution is -2.22. The number of amides is 2. The van der Waals surface area contributed by atoms with Crippen LogP contribution >= 0.6 is 0 Å². The van der Waals surface area contributed by atoms with Crippen molar-refractivity contribution in [1.82, 2.24) is 4.90 Å². The van der Waals surface area contributed by atoms with E-state index in [1.807, 2.05) is 6.07 Å². The maximum atomic E-state index is 12.0. The summed E-state index contributed by atoms with van der Waals surface area (Å²) in [4.78, 5) is 24.8. The lowest BCUT2D eigenvalue weighted by atomic mass is 9.85. The van der Waals surface area contributed by atoms with Gasteiger partial charge in [-0.05, 0) is 23.1 Å². The molecule has 3 nitrogen and oxygen atoms in total. The molecule has 0 bridgehead atoms. The second-order valence-electron chi connectivity index (χ2n) is 5.17. The van der Waals surface area contributed by atoms with Gasteiger partial charge >= 0.3 is 0 Å². The Morgan fingerprint density at radius 1 is 1.12 bits per heavy atom. The predicted octanol–water partition coefficient (Wildman–Crippen LogP) is 2.72. The number of nitrogens with zero attached hydrogens (tertiary/aromatic N) is 1. The minimum absolute atomic E-state index is 0.0417. The molecular weight excluding hydrogens is 214 g/mol. The highest BCUT2D eigenvalue weighted by molar-refractivity contribution is 6.22. The Kier molecular flexibility index (Phi) is 2.42. The van der Waals surface area contributed by atoms with Crippen molar-refractivity contribution in [2.45, 2.75) is 26.2 Å². The highest BCUT2D eigenvalue weighted by Crippen LogP contribution is 2.29.